The van der Waals surface area contributed by atoms with Crippen molar-refractivity contribution >= 4 is 24.0 Å². The Hall–Kier alpha value is -2.90. The maximum atomic E-state index is 12.9. The van der Waals surface area contributed by atoms with E-state index < -0.39 is 11.9 Å². The van der Waals surface area contributed by atoms with E-state index in [0.717, 1.165) is 30.3 Å². The van der Waals surface area contributed by atoms with Crippen molar-refractivity contribution in [3.05, 3.63) is 28.8 Å². The van der Waals surface area contributed by atoms with Crippen LogP contribution in [0.2, 0.25) is 0 Å². The molecule has 1 fully saturated rings. The van der Waals surface area contributed by atoms with Crippen molar-refractivity contribution in [2.45, 2.75) is 50.6 Å². The molecule has 154 valence electrons. The summed E-state index contributed by atoms with van der Waals surface area (Å²) in [7, 11) is 0. The average Bonchev–Trinajstić information content (AvgIpc) is 3.19. The zero-order chi connectivity index (χ0) is 20.8. The Balaban J connectivity index is 1.60. The van der Waals surface area contributed by atoms with Gasteiger partial charge in [0.1, 0.15) is 18.1 Å². The van der Waals surface area contributed by atoms with Crippen LogP contribution in [-0.2, 0) is 26.3 Å². The van der Waals surface area contributed by atoms with Crippen LogP contribution in [0.3, 0.4) is 0 Å². The number of ether oxygens (including phenoxy) is 1. The summed E-state index contributed by atoms with van der Waals surface area (Å²) < 4.78 is 5.96. The minimum absolute atomic E-state index is 0.0852. The number of hydrogen-bond acceptors (Lipinski definition) is 5. The normalized spacial score (nSPS) is 20.2. The number of primary amides is 1. The summed E-state index contributed by atoms with van der Waals surface area (Å²) in [4.78, 5) is 50.5. The first kappa shape index (κ1) is 19.4. The minimum Gasteiger partial charge on any atom is -0.492 e. The van der Waals surface area contributed by atoms with Gasteiger partial charge in [0.05, 0.1) is 6.61 Å². The van der Waals surface area contributed by atoms with E-state index in [-0.39, 0.29) is 30.1 Å². The third-order valence-electron chi connectivity index (χ3n) is 6.54. The average molecular weight is 399 g/mol. The number of carbonyl (C=O) groups is 4. The summed E-state index contributed by atoms with van der Waals surface area (Å²) in [6.45, 7) is 3.82. The molecule has 8 heteroatoms. The summed E-state index contributed by atoms with van der Waals surface area (Å²) in [6, 6.07) is 3.00. The highest BCUT2D eigenvalue weighted by Crippen LogP contribution is 2.47. The maximum Gasteiger partial charge on any atom is 0.255 e. The van der Waals surface area contributed by atoms with Crippen molar-refractivity contribution in [2.75, 3.05) is 19.7 Å². The number of benzene rings is 1. The van der Waals surface area contributed by atoms with E-state index in [2.05, 4.69) is 0 Å². The molecule has 1 aromatic rings. The van der Waals surface area contributed by atoms with E-state index in [9.17, 15) is 19.2 Å². The van der Waals surface area contributed by atoms with Crippen LogP contribution in [0.15, 0.2) is 12.1 Å². The molecule has 0 bridgehead atoms. The van der Waals surface area contributed by atoms with Crippen LogP contribution >= 0.6 is 0 Å². The molecule has 3 aliphatic rings. The van der Waals surface area contributed by atoms with Crippen LogP contribution in [0.5, 0.6) is 5.75 Å². The van der Waals surface area contributed by atoms with Crippen molar-refractivity contribution in [1.82, 2.24) is 9.80 Å². The van der Waals surface area contributed by atoms with E-state index in [0.29, 0.717) is 37.6 Å². The van der Waals surface area contributed by atoms with Crippen LogP contribution in [0.25, 0.3) is 0 Å². The van der Waals surface area contributed by atoms with Gasteiger partial charge in [-0.05, 0) is 37.0 Å². The first-order chi connectivity index (χ1) is 13.9. The molecule has 0 radical (unpaired) electrons. The molecule has 3 aliphatic heterocycles. The van der Waals surface area contributed by atoms with Gasteiger partial charge in [-0.1, -0.05) is 0 Å². The number of nitrogens with two attached hydrogens (primary N) is 1. The zero-order valence-electron chi connectivity index (χ0n) is 16.5. The van der Waals surface area contributed by atoms with Crippen LogP contribution < -0.4 is 10.5 Å². The number of rotatable bonds is 5. The molecule has 2 N–H and O–H groups in total. The van der Waals surface area contributed by atoms with Crippen LogP contribution in [-0.4, -0.2) is 59.5 Å². The molecule has 1 unspecified atom stereocenters. The second-order valence-corrected chi connectivity index (χ2v) is 8.18. The highest BCUT2D eigenvalue weighted by molar-refractivity contribution is 6.01. The van der Waals surface area contributed by atoms with Crippen molar-refractivity contribution in [3.63, 3.8) is 0 Å². The highest BCUT2D eigenvalue weighted by Gasteiger charge is 2.45. The van der Waals surface area contributed by atoms with E-state index in [4.69, 9.17) is 10.5 Å². The van der Waals surface area contributed by atoms with Crippen molar-refractivity contribution in [3.8, 4) is 5.75 Å². The molecule has 0 aromatic heterocycles. The predicted molar refractivity (Wildman–Crippen MR) is 103 cm³/mol. The lowest BCUT2D eigenvalue weighted by molar-refractivity contribution is -0.130. The monoisotopic (exact) mass is 399 g/mol. The number of hydrogen-bond donors (Lipinski definition) is 1. The van der Waals surface area contributed by atoms with Crippen molar-refractivity contribution in [1.29, 1.82) is 0 Å². The Kier molecular flexibility index (Phi) is 4.80. The molecule has 1 spiro atoms. The lowest BCUT2D eigenvalue weighted by atomic mass is 9.74. The first-order valence-electron chi connectivity index (χ1n) is 9.96. The fourth-order valence-electron chi connectivity index (χ4n) is 4.78. The summed E-state index contributed by atoms with van der Waals surface area (Å²) in [5.74, 6) is -0.0703. The van der Waals surface area contributed by atoms with Gasteiger partial charge in [0, 0.05) is 49.5 Å². The number of nitrogens with zero attached hydrogens (tertiary/aromatic N) is 2. The molecule has 8 nitrogen and oxygen atoms in total. The summed E-state index contributed by atoms with van der Waals surface area (Å²) in [6.07, 6.45) is 2.75. The van der Waals surface area contributed by atoms with Crippen LogP contribution in [0, 0.1) is 0 Å². The number of likely N-dealkylation sites (tertiary alicyclic amines) is 1. The van der Waals surface area contributed by atoms with Gasteiger partial charge >= 0.3 is 0 Å². The molecule has 0 aliphatic carbocycles. The third-order valence-corrected chi connectivity index (χ3v) is 6.54. The SMILES string of the molecule is CC(=O)N1CCC2(CC1)COc1cc3c(cc12)CN(C(CCC=O)C(N)=O)C3=O. The Morgan fingerprint density at radius 2 is 2.03 bits per heavy atom. The quantitative estimate of drug-likeness (QED) is 0.735. The van der Waals surface area contributed by atoms with Gasteiger partial charge in [-0.2, -0.15) is 0 Å². The van der Waals surface area contributed by atoms with E-state index in [1.165, 1.54) is 4.90 Å². The Bertz CT molecular complexity index is 889. The lowest BCUT2D eigenvalue weighted by Gasteiger charge is -2.38. The van der Waals surface area contributed by atoms with Crippen molar-refractivity contribution in [2.24, 2.45) is 5.73 Å². The fraction of sp³-hybridized carbons (Fsp3) is 0.524. The number of amides is 3. The standard InChI is InChI=1S/C21H25N3O5/c1-13(26)23-6-4-21(5-7-23)12-29-18-10-15-14(9-16(18)21)11-24(20(15)28)17(19(22)27)3-2-8-25/h8-10,17H,2-7,11-12H2,1H3,(H2,22,27). The van der Waals surface area contributed by atoms with Gasteiger partial charge in [0.2, 0.25) is 11.8 Å². The minimum atomic E-state index is -0.802. The second-order valence-electron chi connectivity index (χ2n) is 8.18. The van der Waals surface area contributed by atoms with Crippen LogP contribution in [0.1, 0.15) is 54.1 Å². The second kappa shape index (κ2) is 7.17. The van der Waals surface area contributed by atoms with Gasteiger partial charge in [0.15, 0.2) is 0 Å². The fourth-order valence-corrected chi connectivity index (χ4v) is 4.78. The summed E-state index contributed by atoms with van der Waals surface area (Å²) in [5.41, 5.74) is 7.81. The van der Waals surface area contributed by atoms with Crippen molar-refractivity contribution < 1.29 is 23.9 Å². The third kappa shape index (κ3) is 3.16. The molecular weight excluding hydrogens is 374 g/mol. The molecular formula is C21H25N3O5. The number of aldehydes is 1. The lowest BCUT2D eigenvalue weighted by Crippen LogP contribution is -2.45. The van der Waals surface area contributed by atoms with Crippen LogP contribution in [0.4, 0.5) is 0 Å². The van der Waals surface area contributed by atoms with E-state index in [1.807, 2.05) is 11.0 Å². The van der Waals surface area contributed by atoms with E-state index in [1.54, 1.807) is 13.0 Å². The molecule has 1 aromatic carbocycles. The molecule has 1 saturated heterocycles. The highest BCUT2D eigenvalue weighted by atomic mass is 16.5. The topological polar surface area (TPSA) is 110 Å². The molecule has 0 saturated carbocycles. The zero-order valence-corrected chi connectivity index (χ0v) is 16.5. The summed E-state index contributed by atoms with van der Waals surface area (Å²) in [5, 5.41) is 0. The molecule has 3 heterocycles. The smallest absolute Gasteiger partial charge is 0.255 e. The number of fused-ring (bicyclic) bond motifs is 3. The number of piperidine rings is 1. The molecule has 4 rings (SSSR count). The largest absolute Gasteiger partial charge is 0.492 e. The Labute approximate surface area is 169 Å². The van der Waals surface area contributed by atoms with Gasteiger partial charge in [-0.15, -0.1) is 0 Å². The molecule has 1 atom stereocenters. The predicted octanol–water partition coefficient (Wildman–Crippen LogP) is 0.748. The van der Waals surface area contributed by atoms with Gasteiger partial charge in [-0.3, -0.25) is 14.4 Å². The van der Waals surface area contributed by atoms with E-state index >= 15 is 0 Å². The summed E-state index contributed by atoms with van der Waals surface area (Å²) >= 11 is 0. The van der Waals surface area contributed by atoms with Gasteiger partial charge in [0.25, 0.3) is 5.91 Å². The Morgan fingerprint density at radius 1 is 1.31 bits per heavy atom. The van der Waals surface area contributed by atoms with Gasteiger partial charge in [-0.25, -0.2) is 0 Å². The number of carbonyl (C=O) groups excluding carboxylic acids is 4. The molecule has 29 heavy (non-hydrogen) atoms. The maximum absolute atomic E-state index is 12.9. The van der Waals surface area contributed by atoms with Gasteiger partial charge < -0.3 is 25.1 Å². The molecule has 3 amide bonds. The Morgan fingerprint density at radius 3 is 2.66 bits per heavy atom. The first-order valence-corrected chi connectivity index (χ1v) is 9.96.